The molecule has 2 heterocycles. The fraction of sp³-hybridized carbons (Fsp3) is 0.435. The molecule has 3 nitrogen and oxygen atoms in total. The van der Waals surface area contributed by atoms with Gasteiger partial charge in [-0.15, -0.1) is 0 Å². The van der Waals surface area contributed by atoms with E-state index in [4.69, 9.17) is 11.6 Å². The second-order valence-electron chi connectivity index (χ2n) is 7.76. The molecule has 1 unspecified atom stereocenters. The lowest BCUT2D eigenvalue weighted by Gasteiger charge is -2.40. The molecule has 0 radical (unpaired) electrons. The van der Waals surface area contributed by atoms with Gasteiger partial charge in [0.25, 0.3) is 0 Å². The summed E-state index contributed by atoms with van der Waals surface area (Å²) in [7, 11) is 0. The standard InChI is InChI=1S/C23H27ClN2O/c1-17(26-13-5-8-20-16-21(24)9-10-22(20)26)23(27)25-14-11-19(12-15-25)18-6-3-2-4-7-18/h2-4,6-7,9-10,16-17,19H,5,8,11-15H2,1H3. The zero-order valence-electron chi connectivity index (χ0n) is 15.9. The Hall–Kier alpha value is -2.00. The van der Waals surface area contributed by atoms with Crippen molar-refractivity contribution in [3.8, 4) is 0 Å². The van der Waals surface area contributed by atoms with Crippen LogP contribution in [0.2, 0.25) is 5.02 Å². The third-order valence-corrected chi connectivity index (χ3v) is 6.33. The third-order valence-electron chi connectivity index (χ3n) is 6.10. The predicted octanol–water partition coefficient (Wildman–Crippen LogP) is 4.89. The largest absolute Gasteiger partial charge is 0.360 e. The van der Waals surface area contributed by atoms with E-state index in [2.05, 4.69) is 53.1 Å². The van der Waals surface area contributed by atoms with Gasteiger partial charge < -0.3 is 9.80 Å². The summed E-state index contributed by atoms with van der Waals surface area (Å²) in [5.74, 6) is 0.827. The molecule has 1 fully saturated rings. The monoisotopic (exact) mass is 382 g/mol. The molecule has 0 spiro atoms. The molecular formula is C23H27ClN2O. The van der Waals surface area contributed by atoms with Gasteiger partial charge in [-0.25, -0.2) is 0 Å². The lowest BCUT2D eigenvalue weighted by atomic mass is 9.89. The fourth-order valence-electron chi connectivity index (χ4n) is 4.55. The predicted molar refractivity (Wildman–Crippen MR) is 112 cm³/mol. The number of aryl methyl sites for hydroxylation is 1. The molecule has 27 heavy (non-hydrogen) atoms. The number of carbonyl (C=O) groups is 1. The van der Waals surface area contributed by atoms with Gasteiger partial charge in [0.2, 0.25) is 5.91 Å². The molecule has 4 heteroatoms. The van der Waals surface area contributed by atoms with Crippen molar-refractivity contribution in [1.82, 2.24) is 4.90 Å². The molecule has 2 aliphatic heterocycles. The summed E-state index contributed by atoms with van der Waals surface area (Å²) in [6.45, 7) is 4.69. The summed E-state index contributed by atoms with van der Waals surface area (Å²) in [6, 6.07) is 16.6. The maximum atomic E-state index is 13.2. The number of hydrogen-bond acceptors (Lipinski definition) is 2. The van der Waals surface area contributed by atoms with E-state index in [1.54, 1.807) is 0 Å². The second-order valence-corrected chi connectivity index (χ2v) is 8.19. The van der Waals surface area contributed by atoms with E-state index in [1.807, 2.05) is 12.1 Å². The summed E-state index contributed by atoms with van der Waals surface area (Å²) in [5.41, 5.74) is 3.83. The number of benzene rings is 2. The minimum Gasteiger partial charge on any atom is -0.360 e. The highest BCUT2D eigenvalue weighted by molar-refractivity contribution is 6.30. The van der Waals surface area contributed by atoms with Crippen LogP contribution in [-0.2, 0) is 11.2 Å². The smallest absolute Gasteiger partial charge is 0.244 e. The van der Waals surface area contributed by atoms with Gasteiger partial charge in [-0.3, -0.25) is 4.79 Å². The van der Waals surface area contributed by atoms with Crippen LogP contribution < -0.4 is 4.90 Å². The second kappa shape index (κ2) is 7.93. The van der Waals surface area contributed by atoms with E-state index in [1.165, 1.54) is 16.8 Å². The van der Waals surface area contributed by atoms with Crippen molar-refractivity contribution < 1.29 is 4.79 Å². The number of carbonyl (C=O) groups excluding carboxylic acids is 1. The molecule has 2 aliphatic rings. The first-order chi connectivity index (χ1) is 13.1. The average Bonchev–Trinajstić information content (AvgIpc) is 2.73. The van der Waals surface area contributed by atoms with Crippen LogP contribution in [0.15, 0.2) is 48.5 Å². The van der Waals surface area contributed by atoms with Gasteiger partial charge in [0.1, 0.15) is 6.04 Å². The highest BCUT2D eigenvalue weighted by Gasteiger charge is 2.31. The number of rotatable bonds is 3. The average molecular weight is 383 g/mol. The quantitative estimate of drug-likeness (QED) is 0.754. The molecule has 1 saturated heterocycles. The van der Waals surface area contributed by atoms with Crippen molar-refractivity contribution in [3.05, 3.63) is 64.7 Å². The number of anilines is 1. The van der Waals surface area contributed by atoms with Gasteiger partial charge in [-0.1, -0.05) is 41.9 Å². The van der Waals surface area contributed by atoms with E-state index in [0.717, 1.165) is 50.3 Å². The normalized spacial score (nSPS) is 18.9. The molecule has 1 atom stereocenters. The summed E-state index contributed by atoms with van der Waals surface area (Å²) in [6.07, 6.45) is 4.21. The van der Waals surface area contributed by atoms with Gasteiger partial charge in [-0.05, 0) is 67.9 Å². The minimum atomic E-state index is -0.126. The van der Waals surface area contributed by atoms with Gasteiger partial charge in [0.15, 0.2) is 0 Å². The van der Waals surface area contributed by atoms with Crippen molar-refractivity contribution in [2.24, 2.45) is 0 Å². The number of nitrogens with zero attached hydrogens (tertiary/aromatic N) is 2. The summed E-state index contributed by atoms with van der Waals surface area (Å²) < 4.78 is 0. The Morgan fingerprint density at radius 2 is 1.81 bits per heavy atom. The highest BCUT2D eigenvalue weighted by Crippen LogP contribution is 2.32. The van der Waals surface area contributed by atoms with Gasteiger partial charge in [0.05, 0.1) is 0 Å². The Bertz CT molecular complexity index is 799. The molecular weight excluding hydrogens is 356 g/mol. The SMILES string of the molecule is CC(C(=O)N1CCC(c2ccccc2)CC1)N1CCCc2cc(Cl)ccc21. The minimum absolute atomic E-state index is 0.126. The van der Waals surface area contributed by atoms with Crippen molar-refractivity contribution in [3.63, 3.8) is 0 Å². The third kappa shape index (κ3) is 3.84. The molecule has 0 N–H and O–H groups in total. The number of amides is 1. The molecule has 0 aliphatic carbocycles. The number of likely N-dealkylation sites (tertiary alicyclic amines) is 1. The number of hydrogen-bond donors (Lipinski definition) is 0. The van der Waals surface area contributed by atoms with Crippen LogP contribution in [0.5, 0.6) is 0 Å². The first-order valence-corrected chi connectivity index (χ1v) is 10.4. The summed E-state index contributed by atoms with van der Waals surface area (Å²) in [4.78, 5) is 17.5. The maximum Gasteiger partial charge on any atom is 0.244 e. The van der Waals surface area contributed by atoms with Crippen molar-refractivity contribution in [1.29, 1.82) is 0 Å². The van der Waals surface area contributed by atoms with E-state index in [9.17, 15) is 4.79 Å². The first kappa shape index (κ1) is 18.4. The van der Waals surface area contributed by atoms with E-state index < -0.39 is 0 Å². The Kier molecular flexibility index (Phi) is 5.40. The number of piperidine rings is 1. The Labute approximate surface area is 166 Å². The molecule has 0 aromatic heterocycles. The topological polar surface area (TPSA) is 23.6 Å². The Balaban J connectivity index is 1.42. The molecule has 142 valence electrons. The van der Waals surface area contributed by atoms with Crippen LogP contribution in [-0.4, -0.2) is 36.5 Å². The van der Waals surface area contributed by atoms with E-state index in [-0.39, 0.29) is 11.9 Å². The van der Waals surface area contributed by atoms with Crippen LogP contribution in [0.25, 0.3) is 0 Å². The lowest BCUT2D eigenvalue weighted by Crippen LogP contribution is -2.50. The molecule has 0 saturated carbocycles. The van der Waals surface area contributed by atoms with Crippen LogP contribution in [0.1, 0.15) is 43.2 Å². The molecule has 1 amide bonds. The first-order valence-electron chi connectivity index (χ1n) is 10.0. The lowest BCUT2D eigenvalue weighted by molar-refractivity contribution is -0.133. The van der Waals surface area contributed by atoms with Crippen LogP contribution in [0, 0.1) is 0 Å². The van der Waals surface area contributed by atoms with Gasteiger partial charge in [-0.2, -0.15) is 0 Å². The van der Waals surface area contributed by atoms with Crippen LogP contribution in [0.4, 0.5) is 5.69 Å². The molecule has 4 rings (SSSR count). The molecule has 2 aromatic rings. The van der Waals surface area contributed by atoms with Gasteiger partial charge >= 0.3 is 0 Å². The van der Waals surface area contributed by atoms with Gasteiger partial charge in [0, 0.05) is 30.3 Å². The molecule has 2 aromatic carbocycles. The Morgan fingerprint density at radius 1 is 1.07 bits per heavy atom. The van der Waals surface area contributed by atoms with E-state index >= 15 is 0 Å². The fourth-order valence-corrected chi connectivity index (χ4v) is 4.75. The Morgan fingerprint density at radius 3 is 2.56 bits per heavy atom. The van der Waals surface area contributed by atoms with Crippen LogP contribution in [0.3, 0.4) is 0 Å². The zero-order valence-corrected chi connectivity index (χ0v) is 16.7. The summed E-state index contributed by atoms with van der Waals surface area (Å²) in [5, 5.41) is 0.776. The van der Waals surface area contributed by atoms with Crippen molar-refractivity contribution >= 4 is 23.2 Å². The molecule has 0 bridgehead atoms. The highest BCUT2D eigenvalue weighted by atomic mass is 35.5. The number of fused-ring (bicyclic) bond motifs is 1. The van der Waals surface area contributed by atoms with Crippen molar-refractivity contribution in [2.75, 3.05) is 24.5 Å². The number of halogens is 1. The van der Waals surface area contributed by atoms with Crippen LogP contribution >= 0.6 is 11.6 Å². The van der Waals surface area contributed by atoms with E-state index in [0.29, 0.717) is 5.92 Å². The summed E-state index contributed by atoms with van der Waals surface area (Å²) >= 11 is 6.16. The van der Waals surface area contributed by atoms with Crippen molar-refractivity contribution in [2.45, 2.75) is 44.6 Å². The maximum absolute atomic E-state index is 13.2. The zero-order chi connectivity index (χ0) is 18.8.